The van der Waals surface area contributed by atoms with Crippen molar-refractivity contribution in [2.45, 2.75) is 11.3 Å². The number of ether oxygens (including phenoxy) is 1. The van der Waals surface area contributed by atoms with Crippen LogP contribution < -0.4 is 5.73 Å². The summed E-state index contributed by atoms with van der Waals surface area (Å²) in [6.07, 6.45) is 0.965. The maximum absolute atomic E-state index is 11.8. The topological polar surface area (TPSA) is 55.6 Å². The Balaban J connectivity index is 2.72. The van der Waals surface area contributed by atoms with E-state index in [0.29, 0.717) is 11.3 Å². The molecule has 5 heteroatoms. The summed E-state index contributed by atoms with van der Waals surface area (Å²) in [5, 5.41) is 0. The van der Waals surface area contributed by atoms with E-state index in [1.54, 1.807) is 50.0 Å². The first-order chi connectivity index (χ1) is 8.56. The molecule has 0 bridgehead atoms. The van der Waals surface area contributed by atoms with Gasteiger partial charge in [-0.15, -0.1) is 11.8 Å². The van der Waals surface area contributed by atoms with Crippen LogP contribution in [0.1, 0.15) is 16.8 Å². The standard InChI is InChI=1S/C13H20N2O2S/c1-15(2)13(16)10-5-6-11(14)12(9-10)18-8-4-7-17-3/h5-6,9H,4,7-8,14H2,1-3H3. The number of rotatable bonds is 6. The molecule has 0 unspecified atom stereocenters. The van der Waals surface area contributed by atoms with Crippen LogP contribution in [0.15, 0.2) is 23.1 Å². The maximum Gasteiger partial charge on any atom is 0.253 e. The average Bonchev–Trinajstić information content (AvgIpc) is 2.35. The second-order valence-corrected chi connectivity index (χ2v) is 5.28. The molecule has 1 aromatic carbocycles. The van der Waals surface area contributed by atoms with Gasteiger partial charge in [-0.1, -0.05) is 0 Å². The summed E-state index contributed by atoms with van der Waals surface area (Å²) in [7, 11) is 5.17. The van der Waals surface area contributed by atoms with Crippen molar-refractivity contribution in [1.82, 2.24) is 4.90 Å². The van der Waals surface area contributed by atoms with Crippen LogP contribution in [-0.4, -0.2) is 44.4 Å². The number of methoxy groups -OCH3 is 1. The van der Waals surface area contributed by atoms with Crippen LogP contribution in [0.5, 0.6) is 0 Å². The van der Waals surface area contributed by atoms with E-state index >= 15 is 0 Å². The van der Waals surface area contributed by atoms with Crippen molar-refractivity contribution in [1.29, 1.82) is 0 Å². The molecule has 1 aromatic rings. The molecule has 0 radical (unpaired) electrons. The van der Waals surface area contributed by atoms with Gasteiger partial charge in [-0.2, -0.15) is 0 Å². The lowest BCUT2D eigenvalue weighted by Crippen LogP contribution is -2.21. The predicted molar refractivity (Wildman–Crippen MR) is 76.1 cm³/mol. The number of hydrogen-bond acceptors (Lipinski definition) is 4. The van der Waals surface area contributed by atoms with Gasteiger partial charge >= 0.3 is 0 Å². The van der Waals surface area contributed by atoms with Crippen molar-refractivity contribution in [2.24, 2.45) is 0 Å². The molecule has 0 aromatic heterocycles. The molecule has 1 rings (SSSR count). The Morgan fingerprint density at radius 2 is 2.17 bits per heavy atom. The lowest BCUT2D eigenvalue weighted by molar-refractivity contribution is 0.0827. The van der Waals surface area contributed by atoms with E-state index in [1.165, 1.54) is 0 Å². The monoisotopic (exact) mass is 268 g/mol. The van der Waals surface area contributed by atoms with Crippen LogP contribution in [0, 0.1) is 0 Å². The fourth-order valence-corrected chi connectivity index (χ4v) is 2.36. The molecule has 0 spiro atoms. The second-order valence-electron chi connectivity index (χ2n) is 4.15. The molecule has 4 nitrogen and oxygen atoms in total. The van der Waals surface area contributed by atoms with Crippen molar-refractivity contribution in [3.8, 4) is 0 Å². The maximum atomic E-state index is 11.8. The largest absolute Gasteiger partial charge is 0.398 e. The summed E-state index contributed by atoms with van der Waals surface area (Å²) < 4.78 is 5.00. The third-order valence-corrected chi connectivity index (χ3v) is 3.57. The lowest BCUT2D eigenvalue weighted by atomic mass is 10.2. The molecular weight excluding hydrogens is 248 g/mol. The Labute approximate surface area is 112 Å². The Kier molecular flexibility index (Phi) is 6.01. The number of carbonyl (C=O) groups is 1. The molecule has 0 aliphatic carbocycles. The number of nitrogens with zero attached hydrogens (tertiary/aromatic N) is 1. The third-order valence-electron chi connectivity index (χ3n) is 2.42. The Morgan fingerprint density at radius 1 is 1.44 bits per heavy atom. The Morgan fingerprint density at radius 3 is 2.78 bits per heavy atom. The third kappa shape index (κ3) is 4.23. The highest BCUT2D eigenvalue weighted by atomic mass is 32.2. The summed E-state index contributed by atoms with van der Waals surface area (Å²) in [6.45, 7) is 0.739. The zero-order valence-corrected chi connectivity index (χ0v) is 11.9. The van der Waals surface area contributed by atoms with Gasteiger partial charge in [-0.3, -0.25) is 4.79 Å². The van der Waals surface area contributed by atoms with Crippen LogP contribution in [0.25, 0.3) is 0 Å². The number of thioether (sulfide) groups is 1. The minimum atomic E-state index is -0.00579. The zero-order valence-electron chi connectivity index (χ0n) is 11.1. The van der Waals surface area contributed by atoms with Crippen LogP contribution >= 0.6 is 11.8 Å². The van der Waals surface area contributed by atoms with E-state index in [0.717, 1.165) is 23.7 Å². The minimum Gasteiger partial charge on any atom is -0.398 e. The highest BCUT2D eigenvalue weighted by Gasteiger charge is 2.10. The van der Waals surface area contributed by atoms with Gasteiger partial charge in [0.25, 0.3) is 5.91 Å². The SMILES string of the molecule is COCCCSc1cc(C(=O)N(C)C)ccc1N. The second kappa shape index (κ2) is 7.28. The quantitative estimate of drug-likeness (QED) is 0.488. The van der Waals surface area contributed by atoms with Crippen molar-refractivity contribution >= 4 is 23.4 Å². The molecule has 1 amide bonds. The number of nitrogens with two attached hydrogens (primary N) is 1. The number of anilines is 1. The minimum absolute atomic E-state index is 0.00579. The Bertz CT molecular complexity index is 408. The molecule has 0 saturated heterocycles. The van der Waals surface area contributed by atoms with E-state index in [1.807, 2.05) is 6.07 Å². The molecule has 0 heterocycles. The van der Waals surface area contributed by atoms with Crippen LogP contribution in [0.4, 0.5) is 5.69 Å². The number of benzene rings is 1. The molecule has 0 atom stereocenters. The molecule has 0 aliphatic heterocycles. The summed E-state index contributed by atoms with van der Waals surface area (Å²) in [6, 6.07) is 5.40. The first kappa shape index (κ1) is 14.9. The molecule has 0 fully saturated rings. The fourth-order valence-electron chi connectivity index (χ4n) is 1.44. The molecule has 0 saturated carbocycles. The van der Waals surface area contributed by atoms with Gasteiger partial charge in [0.1, 0.15) is 0 Å². The van der Waals surface area contributed by atoms with Gasteiger partial charge in [0.2, 0.25) is 0 Å². The van der Waals surface area contributed by atoms with Gasteiger partial charge in [-0.25, -0.2) is 0 Å². The summed E-state index contributed by atoms with van der Waals surface area (Å²) in [5.41, 5.74) is 7.29. The molecule has 2 N–H and O–H groups in total. The summed E-state index contributed by atoms with van der Waals surface area (Å²) in [4.78, 5) is 14.4. The molecule has 100 valence electrons. The van der Waals surface area contributed by atoms with E-state index in [2.05, 4.69) is 0 Å². The van der Waals surface area contributed by atoms with Crippen molar-refractivity contribution < 1.29 is 9.53 Å². The van der Waals surface area contributed by atoms with Crippen LogP contribution in [0.3, 0.4) is 0 Å². The van der Waals surface area contributed by atoms with Crippen LogP contribution in [0.2, 0.25) is 0 Å². The summed E-state index contributed by atoms with van der Waals surface area (Å²) in [5.74, 6) is 0.922. The van der Waals surface area contributed by atoms with E-state index in [4.69, 9.17) is 10.5 Å². The van der Waals surface area contributed by atoms with Gasteiger partial charge in [0.05, 0.1) is 0 Å². The van der Waals surface area contributed by atoms with E-state index in [9.17, 15) is 4.79 Å². The number of nitrogen functional groups attached to an aromatic ring is 1. The van der Waals surface area contributed by atoms with Crippen LogP contribution in [-0.2, 0) is 4.74 Å². The Hall–Kier alpha value is -1.20. The first-order valence-electron chi connectivity index (χ1n) is 5.79. The molecule has 0 aliphatic rings. The van der Waals surface area contributed by atoms with Gasteiger partial charge < -0.3 is 15.4 Å². The normalized spacial score (nSPS) is 10.4. The van der Waals surface area contributed by atoms with E-state index in [-0.39, 0.29) is 5.91 Å². The van der Waals surface area contributed by atoms with Crippen molar-refractivity contribution in [3.63, 3.8) is 0 Å². The van der Waals surface area contributed by atoms with Gasteiger partial charge in [0, 0.05) is 49.7 Å². The van der Waals surface area contributed by atoms with Gasteiger partial charge in [-0.05, 0) is 24.6 Å². The van der Waals surface area contributed by atoms with E-state index < -0.39 is 0 Å². The summed E-state index contributed by atoms with van der Waals surface area (Å²) >= 11 is 1.65. The number of amides is 1. The molecule has 18 heavy (non-hydrogen) atoms. The fraction of sp³-hybridized carbons (Fsp3) is 0.462. The van der Waals surface area contributed by atoms with Gasteiger partial charge in [0.15, 0.2) is 0 Å². The average molecular weight is 268 g/mol. The van der Waals surface area contributed by atoms with Crippen molar-refractivity contribution in [2.75, 3.05) is 39.3 Å². The highest BCUT2D eigenvalue weighted by Crippen LogP contribution is 2.27. The molecular formula is C13H20N2O2S. The predicted octanol–water partition coefficient (Wildman–Crippen LogP) is 2.10. The highest BCUT2D eigenvalue weighted by molar-refractivity contribution is 7.99. The first-order valence-corrected chi connectivity index (χ1v) is 6.77. The number of carbonyl (C=O) groups excluding carboxylic acids is 1. The number of hydrogen-bond donors (Lipinski definition) is 1. The zero-order chi connectivity index (χ0) is 13.5. The smallest absolute Gasteiger partial charge is 0.253 e. The lowest BCUT2D eigenvalue weighted by Gasteiger charge is -2.12. The van der Waals surface area contributed by atoms with Crippen molar-refractivity contribution in [3.05, 3.63) is 23.8 Å².